The van der Waals surface area contributed by atoms with Gasteiger partial charge in [0.15, 0.2) is 0 Å². The highest BCUT2D eigenvalue weighted by atomic mass is 16.5. The molecule has 2 fully saturated rings. The van der Waals surface area contributed by atoms with E-state index in [0.717, 1.165) is 25.2 Å². The average Bonchev–Trinajstić information content (AvgIpc) is 3.25. The number of carbonyl (C=O) groups is 1. The number of carbonyl (C=O) groups excluding carboxylic acids is 1. The second kappa shape index (κ2) is 8.60. The molecule has 0 aromatic carbocycles. The van der Waals surface area contributed by atoms with Crippen LogP contribution in [0, 0.1) is 28.6 Å². The third-order valence-corrected chi connectivity index (χ3v) is 5.49. The van der Waals surface area contributed by atoms with Gasteiger partial charge in [-0.2, -0.15) is 5.26 Å². The van der Waals surface area contributed by atoms with Crippen LogP contribution in [0.4, 0.5) is 4.79 Å². The first-order valence-electron chi connectivity index (χ1n) is 9.20. The lowest BCUT2D eigenvalue weighted by molar-refractivity contribution is 0.136. The lowest BCUT2D eigenvalue weighted by Crippen LogP contribution is -2.33. The molecular weight excluding hydrogens is 299 g/mol. The minimum Gasteiger partial charge on any atom is -0.450 e. The van der Waals surface area contributed by atoms with Gasteiger partial charge < -0.3 is 10.1 Å². The highest BCUT2D eigenvalue weighted by Gasteiger charge is 2.54. The van der Waals surface area contributed by atoms with Crippen molar-refractivity contribution in [3.63, 3.8) is 0 Å². The van der Waals surface area contributed by atoms with Crippen LogP contribution in [-0.2, 0) is 4.74 Å². The van der Waals surface area contributed by atoms with E-state index in [4.69, 9.17) is 17.8 Å². The Kier molecular flexibility index (Phi) is 6.77. The normalized spacial score (nSPS) is 30.9. The molecule has 2 aliphatic carbocycles. The summed E-state index contributed by atoms with van der Waals surface area (Å²) in [6.07, 6.45) is 11.1. The first kappa shape index (κ1) is 18.9. The van der Waals surface area contributed by atoms with Crippen molar-refractivity contribution in [1.82, 2.24) is 5.32 Å². The molecule has 0 heterocycles. The minimum atomic E-state index is -0.347. The summed E-state index contributed by atoms with van der Waals surface area (Å²) in [6.45, 7) is 4.26. The molecule has 1 N–H and O–H groups in total. The van der Waals surface area contributed by atoms with Crippen LogP contribution in [0.15, 0.2) is 12.2 Å². The average molecular weight is 328 g/mol. The molecule has 5 heteroatoms. The second-order valence-electron chi connectivity index (χ2n) is 7.66. The van der Waals surface area contributed by atoms with E-state index in [1.807, 2.05) is 26.0 Å². The SMILES string of the molecule is [B][C@H]1CC[C@@]2(CCCOC(=O)N[C@H](C)C/C=C\[C@@H](C)C#N)C[C@H]2C1. The number of nitriles is 1. The molecule has 24 heavy (non-hydrogen) atoms. The quantitative estimate of drug-likeness (QED) is 0.414. The van der Waals surface area contributed by atoms with Gasteiger partial charge in [0.25, 0.3) is 0 Å². The predicted molar refractivity (Wildman–Crippen MR) is 95.6 cm³/mol. The second-order valence-corrected chi connectivity index (χ2v) is 7.66. The molecular formula is C19H29BN2O2. The summed E-state index contributed by atoms with van der Waals surface area (Å²) in [7, 11) is 6.01. The Labute approximate surface area is 147 Å². The van der Waals surface area contributed by atoms with Crippen LogP contribution in [0.3, 0.4) is 0 Å². The number of amides is 1. The maximum absolute atomic E-state index is 11.8. The van der Waals surface area contributed by atoms with Crippen LogP contribution in [-0.4, -0.2) is 26.6 Å². The molecule has 0 bridgehead atoms. The van der Waals surface area contributed by atoms with E-state index >= 15 is 0 Å². The highest BCUT2D eigenvalue weighted by molar-refractivity contribution is 6.11. The van der Waals surface area contributed by atoms with Crippen molar-refractivity contribution >= 4 is 13.9 Å². The number of rotatable bonds is 8. The molecule has 4 nitrogen and oxygen atoms in total. The Morgan fingerprint density at radius 2 is 2.33 bits per heavy atom. The molecule has 130 valence electrons. The third kappa shape index (κ3) is 5.58. The van der Waals surface area contributed by atoms with Crippen molar-refractivity contribution in [1.29, 1.82) is 5.26 Å². The van der Waals surface area contributed by atoms with Crippen LogP contribution in [0.2, 0.25) is 5.82 Å². The van der Waals surface area contributed by atoms with Gasteiger partial charge in [-0.3, -0.25) is 0 Å². The fourth-order valence-electron chi connectivity index (χ4n) is 3.88. The molecule has 0 aromatic heterocycles. The van der Waals surface area contributed by atoms with Gasteiger partial charge in [-0.1, -0.05) is 30.8 Å². The first-order valence-corrected chi connectivity index (χ1v) is 9.20. The molecule has 0 aromatic rings. The zero-order valence-electron chi connectivity index (χ0n) is 15.0. The standard InChI is InChI=1S/C19H29BN2O2/c1-14(13-21)5-3-6-15(2)22-18(23)24-10-4-8-19-9-7-17(20)11-16(19)12-19/h3,5,14-17H,4,6-12H2,1-2H3,(H,22,23)/b5-3-/t14-,15-,16-,17+,19+/m1/s1. The monoisotopic (exact) mass is 328 g/mol. The van der Waals surface area contributed by atoms with Crippen molar-refractivity contribution in [2.45, 2.75) is 70.7 Å². The molecule has 0 aliphatic heterocycles. The Morgan fingerprint density at radius 1 is 1.54 bits per heavy atom. The molecule has 5 atom stereocenters. The van der Waals surface area contributed by atoms with E-state index in [2.05, 4.69) is 11.4 Å². The van der Waals surface area contributed by atoms with Crippen molar-refractivity contribution < 1.29 is 9.53 Å². The van der Waals surface area contributed by atoms with E-state index in [1.54, 1.807) is 0 Å². The summed E-state index contributed by atoms with van der Waals surface area (Å²) in [4.78, 5) is 11.8. The Bertz CT molecular complexity index is 502. The fourth-order valence-corrected chi connectivity index (χ4v) is 3.88. The van der Waals surface area contributed by atoms with Crippen LogP contribution < -0.4 is 5.32 Å². The molecule has 1 amide bonds. The number of hydrogen-bond acceptors (Lipinski definition) is 3. The molecule has 2 saturated carbocycles. The van der Waals surface area contributed by atoms with Gasteiger partial charge in [-0.25, -0.2) is 4.79 Å². The lowest BCUT2D eigenvalue weighted by Gasteiger charge is -2.26. The number of ether oxygens (including phenoxy) is 1. The van der Waals surface area contributed by atoms with Gasteiger partial charge in [-0.15, -0.1) is 0 Å². The third-order valence-electron chi connectivity index (χ3n) is 5.49. The smallest absolute Gasteiger partial charge is 0.407 e. The first-order chi connectivity index (χ1) is 11.4. The van der Waals surface area contributed by atoms with Gasteiger partial charge >= 0.3 is 6.09 Å². The van der Waals surface area contributed by atoms with Gasteiger partial charge in [0.1, 0.15) is 0 Å². The highest BCUT2D eigenvalue weighted by Crippen LogP contribution is 2.65. The number of nitrogens with one attached hydrogen (secondary N) is 1. The molecule has 2 rings (SSSR count). The van der Waals surface area contributed by atoms with Gasteiger partial charge in [-0.05, 0) is 57.3 Å². The molecule has 0 saturated heterocycles. The fraction of sp³-hybridized carbons (Fsp3) is 0.789. The summed E-state index contributed by atoms with van der Waals surface area (Å²) in [5, 5.41) is 11.5. The summed E-state index contributed by atoms with van der Waals surface area (Å²) in [5.41, 5.74) is 0.519. The zero-order valence-corrected chi connectivity index (χ0v) is 15.0. The maximum atomic E-state index is 11.8. The molecule has 0 unspecified atom stereocenters. The predicted octanol–water partition coefficient (Wildman–Crippen LogP) is 4.13. The van der Waals surface area contributed by atoms with Crippen LogP contribution in [0.5, 0.6) is 0 Å². The zero-order chi connectivity index (χ0) is 17.6. The van der Waals surface area contributed by atoms with Crippen LogP contribution in [0.1, 0.15) is 58.8 Å². The van der Waals surface area contributed by atoms with Crippen LogP contribution in [0.25, 0.3) is 0 Å². The van der Waals surface area contributed by atoms with Gasteiger partial charge in [0.05, 0.1) is 26.4 Å². The van der Waals surface area contributed by atoms with Gasteiger partial charge in [0, 0.05) is 6.04 Å². The summed E-state index contributed by atoms with van der Waals surface area (Å²) < 4.78 is 5.29. The molecule has 0 spiro atoms. The Balaban J connectivity index is 1.54. The minimum absolute atomic E-state index is 0.00545. The van der Waals surface area contributed by atoms with E-state index in [0.29, 0.717) is 24.3 Å². The number of allylic oxidation sites excluding steroid dienone is 1. The summed E-state index contributed by atoms with van der Waals surface area (Å²) >= 11 is 0. The van der Waals surface area contributed by atoms with E-state index in [9.17, 15) is 4.79 Å². The number of nitrogens with zero attached hydrogens (tertiary/aromatic N) is 1. The largest absolute Gasteiger partial charge is 0.450 e. The van der Waals surface area contributed by atoms with Crippen molar-refractivity contribution in [3.05, 3.63) is 12.2 Å². The maximum Gasteiger partial charge on any atom is 0.407 e. The Hall–Kier alpha value is -1.44. The van der Waals surface area contributed by atoms with E-state index < -0.39 is 0 Å². The van der Waals surface area contributed by atoms with E-state index in [-0.39, 0.29) is 18.1 Å². The topological polar surface area (TPSA) is 62.1 Å². The number of alkyl carbamates (subject to hydrolysis) is 1. The van der Waals surface area contributed by atoms with Crippen molar-refractivity contribution in [2.75, 3.05) is 6.61 Å². The van der Waals surface area contributed by atoms with Gasteiger partial charge in [0.2, 0.25) is 0 Å². The van der Waals surface area contributed by atoms with Crippen molar-refractivity contribution in [2.24, 2.45) is 17.3 Å². The lowest BCUT2D eigenvalue weighted by atomic mass is 9.71. The number of fused-ring (bicyclic) bond motifs is 1. The summed E-state index contributed by atoms with van der Waals surface area (Å²) in [6, 6.07) is 2.15. The summed E-state index contributed by atoms with van der Waals surface area (Å²) in [5.74, 6) is 1.13. The molecule has 2 aliphatic rings. The van der Waals surface area contributed by atoms with Crippen molar-refractivity contribution in [3.8, 4) is 6.07 Å². The van der Waals surface area contributed by atoms with Crippen LogP contribution >= 0.6 is 0 Å². The Morgan fingerprint density at radius 3 is 3.04 bits per heavy atom. The molecule has 2 radical (unpaired) electrons. The number of hydrogen-bond donors (Lipinski definition) is 1. The van der Waals surface area contributed by atoms with E-state index in [1.165, 1.54) is 19.3 Å².